The van der Waals surface area contributed by atoms with Crippen molar-refractivity contribution in [3.8, 4) is 5.75 Å². The van der Waals surface area contributed by atoms with Gasteiger partial charge in [-0.2, -0.15) is 5.10 Å². The third kappa shape index (κ3) is 6.40. The Hall–Kier alpha value is -2.18. The van der Waals surface area contributed by atoms with Crippen LogP contribution in [0.4, 0.5) is 0 Å². The highest BCUT2D eigenvalue weighted by Gasteiger charge is 2.14. The van der Waals surface area contributed by atoms with Gasteiger partial charge in [0.25, 0.3) is 5.56 Å². The summed E-state index contributed by atoms with van der Waals surface area (Å²) in [6, 6.07) is 15.1. The molecule has 1 aromatic heterocycles. The van der Waals surface area contributed by atoms with E-state index in [0.29, 0.717) is 18.6 Å². The van der Waals surface area contributed by atoms with Gasteiger partial charge in [0.15, 0.2) is 0 Å². The third-order valence-corrected chi connectivity index (χ3v) is 5.68. The summed E-state index contributed by atoms with van der Waals surface area (Å²) in [5, 5.41) is 6.08. The minimum Gasteiger partial charge on any atom is -0.497 e. The van der Waals surface area contributed by atoms with Crippen molar-refractivity contribution in [2.75, 3.05) is 13.7 Å². The molecule has 3 rings (SSSR count). The van der Waals surface area contributed by atoms with Crippen molar-refractivity contribution in [1.29, 1.82) is 0 Å². The fraction of sp³-hybridized carbons (Fsp3) is 0.440. The molecule has 2 aromatic carbocycles. The van der Waals surface area contributed by atoms with Crippen molar-refractivity contribution >= 4 is 27.8 Å². The summed E-state index contributed by atoms with van der Waals surface area (Å²) in [4.78, 5) is 15.3. The average molecular weight is 488 g/mol. The summed E-state index contributed by atoms with van der Waals surface area (Å²) in [7, 11) is 1.68. The molecule has 3 aromatic rings. The van der Waals surface area contributed by atoms with Gasteiger partial charge in [0.2, 0.25) is 0 Å². The summed E-state index contributed by atoms with van der Waals surface area (Å²) in [6.07, 6.45) is 3.69. The van der Waals surface area contributed by atoms with Gasteiger partial charge in [0.05, 0.1) is 25.2 Å². The van der Waals surface area contributed by atoms with Gasteiger partial charge < -0.3 is 4.74 Å². The number of halogens is 1. The lowest BCUT2D eigenvalue weighted by Crippen LogP contribution is -2.40. The average Bonchev–Trinajstić information content (AvgIpc) is 2.73. The van der Waals surface area contributed by atoms with E-state index in [1.807, 2.05) is 24.4 Å². The number of nitrogens with zero attached hydrogens (tertiary/aromatic N) is 3. The van der Waals surface area contributed by atoms with Crippen molar-refractivity contribution in [2.45, 2.75) is 59.2 Å². The Labute approximate surface area is 195 Å². The van der Waals surface area contributed by atoms with Gasteiger partial charge in [0, 0.05) is 24.0 Å². The molecule has 1 heterocycles. The molecule has 0 unspecified atom stereocenters. The zero-order chi connectivity index (χ0) is 21.7. The summed E-state index contributed by atoms with van der Waals surface area (Å²) in [5.41, 5.74) is 2.47. The number of fused-ring (bicyclic) bond motifs is 1. The molecule has 0 amide bonds. The molecular formula is C25H34BrN3O2. The lowest BCUT2D eigenvalue weighted by Gasteiger charge is -2.30. The molecule has 0 saturated heterocycles. The van der Waals surface area contributed by atoms with Gasteiger partial charge in [-0.15, -0.1) is 17.0 Å². The molecule has 0 spiro atoms. The number of ether oxygens (including phenoxy) is 1. The van der Waals surface area contributed by atoms with Gasteiger partial charge in [0.1, 0.15) is 5.75 Å². The van der Waals surface area contributed by atoms with E-state index in [4.69, 9.17) is 4.74 Å². The second-order valence-corrected chi connectivity index (χ2v) is 8.37. The number of benzene rings is 2. The molecule has 0 radical (unpaired) electrons. The van der Waals surface area contributed by atoms with E-state index in [0.717, 1.165) is 35.9 Å². The highest BCUT2D eigenvalue weighted by molar-refractivity contribution is 8.93. The van der Waals surface area contributed by atoms with Crippen LogP contribution in [0.25, 0.3) is 10.8 Å². The number of hydrogen-bond acceptors (Lipinski definition) is 4. The molecular weight excluding hydrogens is 454 g/mol. The molecule has 0 fully saturated rings. The van der Waals surface area contributed by atoms with Gasteiger partial charge in [-0.1, -0.05) is 18.2 Å². The highest BCUT2D eigenvalue weighted by Crippen LogP contribution is 2.16. The van der Waals surface area contributed by atoms with E-state index in [1.165, 1.54) is 11.1 Å². The monoisotopic (exact) mass is 487 g/mol. The van der Waals surface area contributed by atoms with Crippen LogP contribution in [0.3, 0.4) is 0 Å². The van der Waals surface area contributed by atoms with Crippen LogP contribution in [0.1, 0.15) is 38.8 Å². The molecule has 5 nitrogen and oxygen atoms in total. The maximum atomic E-state index is 12.9. The zero-order valence-corrected chi connectivity index (χ0v) is 20.9. The molecule has 0 N–H and O–H groups in total. The standard InChI is InChI=1S/C25H33N3O2.BrH/c1-18(2)27(19(3)4)14-15-28-25(29)24-13-10-21(16-22(24)17-26-28)7-6-20-8-11-23(30-5)12-9-20;/h8-13,16-19H,6-7,14-15H2,1-5H3;1H. The third-order valence-electron chi connectivity index (χ3n) is 5.68. The number of rotatable bonds is 9. The van der Waals surface area contributed by atoms with Gasteiger partial charge in [-0.3, -0.25) is 9.69 Å². The minimum absolute atomic E-state index is 0. The molecule has 0 aliphatic heterocycles. The molecule has 0 bridgehead atoms. The van der Waals surface area contributed by atoms with Crippen molar-refractivity contribution in [3.63, 3.8) is 0 Å². The summed E-state index contributed by atoms with van der Waals surface area (Å²) >= 11 is 0. The smallest absolute Gasteiger partial charge is 0.274 e. The lowest BCUT2D eigenvalue weighted by atomic mass is 10.0. The first-order valence-electron chi connectivity index (χ1n) is 10.8. The second-order valence-electron chi connectivity index (χ2n) is 8.37. The summed E-state index contributed by atoms with van der Waals surface area (Å²) in [5.74, 6) is 0.872. The first-order valence-corrected chi connectivity index (χ1v) is 10.8. The summed E-state index contributed by atoms with van der Waals surface area (Å²) in [6.45, 7) is 10.2. The Bertz CT molecular complexity index is 1020. The number of methoxy groups -OCH3 is 1. The van der Waals surface area contributed by atoms with E-state index in [9.17, 15) is 4.79 Å². The fourth-order valence-corrected chi connectivity index (χ4v) is 3.96. The topological polar surface area (TPSA) is 47.4 Å². The molecule has 0 saturated carbocycles. The van der Waals surface area contributed by atoms with Crippen molar-refractivity contribution in [3.05, 3.63) is 70.1 Å². The van der Waals surface area contributed by atoms with Crippen LogP contribution in [0.15, 0.2) is 53.5 Å². The predicted octanol–water partition coefficient (Wildman–Crippen LogP) is 4.89. The lowest BCUT2D eigenvalue weighted by molar-refractivity contribution is 0.165. The Morgan fingerprint density at radius 1 is 0.968 bits per heavy atom. The molecule has 0 aliphatic carbocycles. The Kier molecular flexibility index (Phi) is 9.26. The van der Waals surface area contributed by atoms with Crippen LogP contribution >= 0.6 is 17.0 Å². The van der Waals surface area contributed by atoms with Gasteiger partial charge in [-0.25, -0.2) is 4.68 Å². The number of aromatic nitrogens is 2. The van der Waals surface area contributed by atoms with Crippen LogP contribution in [0.5, 0.6) is 5.75 Å². The quantitative estimate of drug-likeness (QED) is 0.431. The number of hydrogen-bond donors (Lipinski definition) is 0. The first kappa shape index (κ1) is 25.1. The highest BCUT2D eigenvalue weighted by atomic mass is 79.9. The normalized spacial score (nSPS) is 11.4. The van der Waals surface area contributed by atoms with Crippen LogP contribution < -0.4 is 10.3 Å². The van der Waals surface area contributed by atoms with Crippen LogP contribution in [-0.4, -0.2) is 40.4 Å². The molecule has 168 valence electrons. The van der Waals surface area contributed by atoms with E-state index in [2.05, 4.69) is 62.0 Å². The number of aryl methyl sites for hydroxylation is 2. The Balaban J connectivity index is 0.00000341. The summed E-state index contributed by atoms with van der Waals surface area (Å²) < 4.78 is 6.81. The van der Waals surface area contributed by atoms with E-state index in [-0.39, 0.29) is 22.5 Å². The van der Waals surface area contributed by atoms with E-state index in [1.54, 1.807) is 11.8 Å². The maximum Gasteiger partial charge on any atom is 0.274 e. The maximum absolute atomic E-state index is 12.9. The Morgan fingerprint density at radius 3 is 2.19 bits per heavy atom. The van der Waals surface area contributed by atoms with Gasteiger partial charge >= 0.3 is 0 Å². The zero-order valence-electron chi connectivity index (χ0n) is 19.2. The Morgan fingerprint density at radius 2 is 1.58 bits per heavy atom. The van der Waals surface area contributed by atoms with Crippen LogP contribution in [0, 0.1) is 0 Å². The van der Waals surface area contributed by atoms with Crippen molar-refractivity contribution in [1.82, 2.24) is 14.7 Å². The second kappa shape index (κ2) is 11.4. The van der Waals surface area contributed by atoms with E-state index >= 15 is 0 Å². The molecule has 0 aliphatic rings. The minimum atomic E-state index is -0.0123. The molecule has 0 atom stereocenters. The van der Waals surface area contributed by atoms with Crippen molar-refractivity contribution in [2.24, 2.45) is 0 Å². The van der Waals surface area contributed by atoms with Gasteiger partial charge in [-0.05, 0) is 75.9 Å². The molecule has 6 heteroatoms. The van der Waals surface area contributed by atoms with Crippen LogP contribution in [-0.2, 0) is 19.4 Å². The largest absolute Gasteiger partial charge is 0.497 e. The predicted molar refractivity (Wildman–Crippen MR) is 134 cm³/mol. The fourth-order valence-electron chi connectivity index (χ4n) is 3.96. The first-order chi connectivity index (χ1) is 14.4. The van der Waals surface area contributed by atoms with Crippen molar-refractivity contribution < 1.29 is 4.74 Å². The van der Waals surface area contributed by atoms with Crippen LogP contribution in [0.2, 0.25) is 0 Å². The molecule has 31 heavy (non-hydrogen) atoms. The SMILES string of the molecule is Br.COc1ccc(CCc2ccc3c(=O)n(CCN(C(C)C)C(C)C)ncc3c2)cc1. The van der Waals surface area contributed by atoms with E-state index < -0.39 is 0 Å².